The monoisotopic (exact) mass is 412 g/mol. The summed E-state index contributed by atoms with van der Waals surface area (Å²) in [5, 5.41) is 5.03. The third kappa shape index (κ3) is 3.56. The lowest BCUT2D eigenvalue weighted by atomic mass is 10.2. The average Bonchev–Trinajstić information content (AvgIpc) is 3.40. The van der Waals surface area contributed by atoms with Crippen molar-refractivity contribution in [3.63, 3.8) is 0 Å². The molecular weight excluding hydrogens is 392 g/mol. The summed E-state index contributed by atoms with van der Waals surface area (Å²) in [5.41, 5.74) is 2.30. The van der Waals surface area contributed by atoms with Gasteiger partial charge < -0.3 is 10.1 Å². The molecule has 4 aromatic rings. The Labute approximate surface area is 170 Å². The van der Waals surface area contributed by atoms with Crippen molar-refractivity contribution < 1.29 is 9.53 Å². The van der Waals surface area contributed by atoms with Crippen LogP contribution in [0.1, 0.15) is 15.2 Å². The van der Waals surface area contributed by atoms with Crippen molar-refractivity contribution in [3.05, 3.63) is 58.4 Å². The van der Waals surface area contributed by atoms with Crippen molar-refractivity contribution >= 4 is 43.9 Å². The summed E-state index contributed by atoms with van der Waals surface area (Å²) in [5.74, 6) is -0.0595. The number of fused-ring (bicyclic) bond motifs is 3. The molecule has 4 heterocycles. The number of nitrogens with zero attached hydrogens (tertiary/aromatic N) is 3. The summed E-state index contributed by atoms with van der Waals surface area (Å²) in [6.45, 7) is 3.85. The number of thiophene rings is 1. The normalized spacial score (nSPS) is 18.1. The molecule has 1 N–H and O–H groups in total. The van der Waals surface area contributed by atoms with E-state index in [9.17, 15) is 4.79 Å². The largest absolute Gasteiger partial charge is 0.374 e. The fourth-order valence-corrected chi connectivity index (χ4v) is 5.26. The lowest BCUT2D eigenvalue weighted by molar-refractivity contribution is -0.0292. The molecule has 28 heavy (non-hydrogen) atoms. The van der Waals surface area contributed by atoms with Crippen molar-refractivity contribution in [2.45, 2.75) is 12.6 Å². The van der Waals surface area contributed by atoms with E-state index in [1.54, 1.807) is 11.3 Å². The van der Waals surface area contributed by atoms with E-state index in [0.717, 1.165) is 34.9 Å². The molecule has 1 aliphatic rings. The van der Waals surface area contributed by atoms with Crippen LogP contribution in [0, 0.1) is 0 Å². The number of ether oxygens (including phenoxy) is 1. The van der Waals surface area contributed by atoms with Crippen molar-refractivity contribution in [2.75, 3.05) is 26.2 Å². The zero-order valence-electron chi connectivity index (χ0n) is 15.2. The van der Waals surface area contributed by atoms with Gasteiger partial charge in [-0.15, -0.1) is 22.7 Å². The number of amides is 1. The van der Waals surface area contributed by atoms with Crippen LogP contribution in [0.3, 0.4) is 0 Å². The Kier molecular flexibility index (Phi) is 4.86. The van der Waals surface area contributed by atoms with E-state index in [-0.39, 0.29) is 12.0 Å². The predicted octanol–water partition coefficient (Wildman–Crippen LogP) is 3.24. The van der Waals surface area contributed by atoms with Gasteiger partial charge in [-0.25, -0.2) is 4.98 Å². The fourth-order valence-electron chi connectivity index (χ4n) is 3.54. The van der Waals surface area contributed by atoms with Gasteiger partial charge >= 0.3 is 0 Å². The van der Waals surface area contributed by atoms with Gasteiger partial charge in [0.25, 0.3) is 5.91 Å². The summed E-state index contributed by atoms with van der Waals surface area (Å²) in [6.07, 6.45) is 2.00. The Morgan fingerprint density at radius 3 is 3.11 bits per heavy atom. The molecule has 1 saturated heterocycles. The highest BCUT2D eigenvalue weighted by Crippen LogP contribution is 2.28. The lowest BCUT2D eigenvalue weighted by Crippen LogP contribution is -2.47. The number of carbonyl (C=O) groups excluding carboxylic acids is 1. The molecule has 0 radical (unpaired) electrons. The van der Waals surface area contributed by atoms with E-state index in [1.807, 2.05) is 28.1 Å². The predicted molar refractivity (Wildman–Crippen MR) is 112 cm³/mol. The Morgan fingerprint density at radius 2 is 2.21 bits per heavy atom. The third-order valence-electron chi connectivity index (χ3n) is 4.93. The molecule has 1 fully saturated rings. The lowest BCUT2D eigenvalue weighted by Gasteiger charge is -2.33. The number of morpholine rings is 1. The number of hydrogen-bond acceptors (Lipinski definition) is 6. The van der Waals surface area contributed by atoms with E-state index in [1.165, 1.54) is 16.9 Å². The Morgan fingerprint density at radius 1 is 1.32 bits per heavy atom. The quantitative estimate of drug-likeness (QED) is 0.547. The van der Waals surface area contributed by atoms with Crippen molar-refractivity contribution in [1.29, 1.82) is 0 Å². The van der Waals surface area contributed by atoms with Gasteiger partial charge in [-0.05, 0) is 11.6 Å². The van der Waals surface area contributed by atoms with Crippen LogP contribution in [-0.4, -0.2) is 52.5 Å². The molecule has 1 amide bonds. The second kappa shape index (κ2) is 7.63. The summed E-state index contributed by atoms with van der Waals surface area (Å²) < 4.78 is 7.88. The number of nitrogens with one attached hydrogen (secondary N) is 1. The number of benzene rings is 1. The summed E-state index contributed by atoms with van der Waals surface area (Å²) in [4.78, 5) is 22.1. The van der Waals surface area contributed by atoms with Gasteiger partial charge in [0.05, 0.1) is 23.1 Å². The highest BCUT2D eigenvalue weighted by Gasteiger charge is 2.22. The van der Waals surface area contributed by atoms with Crippen LogP contribution >= 0.6 is 22.7 Å². The maximum absolute atomic E-state index is 12.6. The van der Waals surface area contributed by atoms with Crippen LogP contribution in [-0.2, 0) is 11.3 Å². The molecule has 8 heteroatoms. The first-order valence-electron chi connectivity index (χ1n) is 9.27. The summed E-state index contributed by atoms with van der Waals surface area (Å²) >= 11 is 3.03. The van der Waals surface area contributed by atoms with Gasteiger partial charge in [-0.1, -0.05) is 30.3 Å². The first-order chi connectivity index (χ1) is 13.8. The number of aromatic nitrogens is 2. The smallest absolute Gasteiger partial charge is 0.261 e. The van der Waals surface area contributed by atoms with Crippen molar-refractivity contribution in [2.24, 2.45) is 0 Å². The van der Waals surface area contributed by atoms with Crippen LogP contribution in [0.5, 0.6) is 0 Å². The third-order valence-corrected chi connectivity index (χ3v) is 6.70. The molecule has 1 aliphatic heterocycles. The van der Waals surface area contributed by atoms with E-state index in [0.29, 0.717) is 18.0 Å². The van der Waals surface area contributed by atoms with E-state index < -0.39 is 0 Å². The maximum atomic E-state index is 12.6. The molecule has 1 aromatic carbocycles. The molecule has 0 saturated carbocycles. The average molecular weight is 413 g/mol. The standard InChI is InChI=1S/C20H20N4O2S2/c25-18(17-10-16-19(28-17)22-20-24(16)7-9-27-20)21-11-15-13-23(6-8-26-15)12-14-4-2-1-3-5-14/h1-5,7,9-10,15H,6,8,11-13H2,(H,21,25). The minimum absolute atomic E-state index is 0.00996. The minimum atomic E-state index is -0.0595. The number of carbonyl (C=O) groups is 1. The van der Waals surface area contributed by atoms with Crippen LogP contribution in [0.2, 0.25) is 0 Å². The Balaban J connectivity index is 1.19. The number of imidazole rings is 1. The number of rotatable bonds is 5. The zero-order chi connectivity index (χ0) is 18.9. The van der Waals surface area contributed by atoms with Crippen molar-refractivity contribution in [3.8, 4) is 0 Å². The summed E-state index contributed by atoms with van der Waals surface area (Å²) in [7, 11) is 0. The van der Waals surface area contributed by atoms with E-state index in [4.69, 9.17) is 4.74 Å². The molecule has 5 rings (SSSR count). The highest BCUT2D eigenvalue weighted by molar-refractivity contribution is 7.21. The number of thiazole rings is 1. The van der Waals surface area contributed by atoms with Crippen LogP contribution in [0.25, 0.3) is 15.3 Å². The van der Waals surface area contributed by atoms with Crippen LogP contribution in [0.4, 0.5) is 0 Å². The van der Waals surface area contributed by atoms with Crippen LogP contribution in [0.15, 0.2) is 48.0 Å². The molecule has 3 aromatic heterocycles. The molecule has 1 atom stereocenters. The zero-order valence-corrected chi connectivity index (χ0v) is 16.8. The molecule has 144 valence electrons. The first kappa shape index (κ1) is 17.8. The highest BCUT2D eigenvalue weighted by atomic mass is 32.1. The fraction of sp³-hybridized carbons (Fsp3) is 0.300. The molecule has 0 aliphatic carbocycles. The number of hydrogen-bond donors (Lipinski definition) is 1. The van der Waals surface area contributed by atoms with Crippen molar-refractivity contribution in [1.82, 2.24) is 19.6 Å². The maximum Gasteiger partial charge on any atom is 0.261 e. The van der Waals surface area contributed by atoms with Gasteiger partial charge in [0.2, 0.25) is 0 Å². The molecule has 0 spiro atoms. The van der Waals surface area contributed by atoms with E-state index >= 15 is 0 Å². The summed E-state index contributed by atoms with van der Waals surface area (Å²) in [6, 6.07) is 12.4. The Hall–Kier alpha value is -2.26. The van der Waals surface area contributed by atoms with E-state index in [2.05, 4.69) is 39.5 Å². The SMILES string of the molecule is O=C(NCC1CN(Cc2ccccc2)CCO1)c1cc2c(nc3sccn32)s1. The second-order valence-electron chi connectivity index (χ2n) is 6.89. The molecule has 1 unspecified atom stereocenters. The topological polar surface area (TPSA) is 58.9 Å². The Bertz CT molecular complexity index is 1100. The van der Waals surface area contributed by atoms with Crippen LogP contribution < -0.4 is 5.32 Å². The van der Waals surface area contributed by atoms with Gasteiger partial charge in [0, 0.05) is 37.8 Å². The second-order valence-corrected chi connectivity index (χ2v) is 8.80. The minimum Gasteiger partial charge on any atom is -0.374 e. The molecule has 0 bridgehead atoms. The molecule has 6 nitrogen and oxygen atoms in total. The molecular formula is C20H20N4O2S2. The van der Waals surface area contributed by atoms with Gasteiger partial charge in [0.15, 0.2) is 4.96 Å². The first-order valence-corrected chi connectivity index (χ1v) is 11.0. The van der Waals surface area contributed by atoms with Gasteiger partial charge in [0.1, 0.15) is 4.83 Å². The van der Waals surface area contributed by atoms with Gasteiger partial charge in [-0.2, -0.15) is 0 Å². The van der Waals surface area contributed by atoms with Gasteiger partial charge in [-0.3, -0.25) is 14.1 Å².